The number of aromatic nitrogens is 4. The molecule has 0 saturated carbocycles. The van der Waals surface area contributed by atoms with Gasteiger partial charge in [0.15, 0.2) is 5.65 Å². The van der Waals surface area contributed by atoms with Crippen molar-refractivity contribution in [2.75, 3.05) is 0 Å². The fourth-order valence-corrected chi connectivity index (χ4v) is 2.56. The Morgan fingerprint density at radius 3 is 3.00 bits per heavy atom. The van der Waals surface area contributed by atoms with Crippen molar-refractivity contribution < 1.29 is 0 Å². The second kappa shape index (κ2) is 5.07. The predicted octanol–water partition coefficient (Wildman–Crippen LogP) is 2.09. The van der Waals surface area contributed by atoms with Gasteiger partial charge in [0, 0.05) is 42.5 Å². The molecule has 3 rings (SSSR count). The highest BCUT2D eigenvalue weighted by molar-refractivity contribution is 7.09. The Morgan fingerprint density at radius 1 is 1.32 bits per heavy atom. The first kappa shape index (κ1) is 12.3. The van der Waals surface area contributed by atoms with Gasteiger partial charge < -0.3 is 5.32 Å². The van der Waals surface area contributed by atoms with E-state index in [2.05, 4.69) is 25.8 Å². The van der Waals surface area contributed by atoms with Gasteiger partial charge in [-0.15, -0.1) is 11.3 Å². The van der Waals surface area contributed by atoms with E-state index in [4.69, 9.17) is 0 Å². The molecule has 98 valence electrons. The summed E-state index contributed by atoms with van der Waals surface area (Å²) in [6, 6.07) is 1.97. The molecular weight excluding hydrogens is 258 g/mol. The molecule has 6 heteroatoms. The maximum Gasteiger partial charge on any atom is 0.155 e. The van der Waals surface area contributed by atoms with Crippen LogP contribution in [0.1, 0.15) is 22.0 Å². The van der Waals surface area contributed by atoms with Crippen molar-refractivity contribution in [2.24, 2.45) is 0 Å². The predicted molar refractivity (Wildman–Crippen MR) is 75.1 cm³/mol. The molecule has 0 atom stereocenters. The van der Waals surface area contributed by atoms with E-state index in [1.165, 1.54) is 0 Å². The fraction of sp³-hybridized carbons (Fsp3) is 0.308. The molecule has 0 amide bonds. The summed E-state index contributed by atoms with van der Waals surface area (Å²) in [5, 5.41) is 10.9. The third-order valence-electron chi connectivity index (χ3n) is 2.79. The Hall–Kier alpha value is -1.79. The molecule has 0 aromatic carbocycles. The van der Waals surface area contributed by atoms with E-state index >= 15 is 0 Å². The fourth-order valence-electron chi connectivity index (χ4n) is 1.95. The molecule has 0 radical (unpaired) electrons. The first-order valence-corrected chi connectivity index (χ1v) is 7.01. The van der Waals surface area contributed by atoms with Crippen LogP contribution in [0.2, 0.25) is 0 Å². The summed E-state index contributed by atoms with van der Waals surface area (Å²) in [4.78, 5) is 8.80. The number of fused-ring (bicyclic) bond motifs is 1. The van der Waals surface area contributed by atoms with Gasteiger partial charge in [-0.2, -0.15) is 5.10 Å². The van der Waals surface area contributed by atoms with Crippen molar-refractivity contribution >= 4 is 17.0 Å². The standard InChI is InChI=1S/C13H15N5S/c1-9-3-13-15-5-11(7-18(13)17-9)4-14-6-12-8-19-10(2)16-12/h3,5,7-8,14H,4,6H2,1-2H3. The van der Waals surface area contributed by atoms with Crippen LogP contribution in [0.15, 0.2) is 23.8 Å². The minimum absolute atomic E-state index is 0.762. The largest absolute Gasteiger partial charge is 0.307 e. The van der Waals surface area contributed by atoms with Crippen LogP contribution < -0.4 is 5.32 Å². The maximum absolute atomic E-state index is 4.42. The molecule has 0 aliphatic rings. The zero-order valence-corrected chi connectivity index (χ0v) is 11.7. The number of thiazole rings is 1. The molecule has 0 bridgehead atoms. The summed E-state index contributed by atoms with van der Waals surface area (Å²) in [6.07, 6.45) is 3.89. The third kappa shape index (κ3) is 2.80. The van der Waals surface area contributed by atoms with Crippen molar-refractivity contribution in [3.05, 3.63) is 45.8 Å². The van der Waals surface area contributed by atoms with Crippen molar-refractivity contribution in [3.8, 4) is 0 Å². The monoisotopic (exact) mass is 273 g/mol. The summed E-state index contributed by atoms with van der Waals surface area (Å²) in [5.74, 6) is 0. The van der Waals surface area contributed by atoms with Crippen LogP contribution in [-0.4, -0.2) is 19.6 Å². The highest BCUT2D eigenvalue weighted by atomic mass is 32.1. The number of hydrogen-bond acceptors (Lipinski definition) is 5. The molecule has 5 nitrogen and oxygen atoms in total. The van der Waals surface area contributed by atoms with Gasteiger partial charge in [0.1, 0.15) is 0 Å². The SMILES string of the molecule is Cc1cc2ncc(CNCc3csc(C)n3)cn2n1. The molecule has 19 heavy (non-hydrogen) atoms. The topological polar surface area (TPSA) is 55.1 Å². The lowest BCUT2D eigenvalue weighted by Gasteiger charge is -2.03. The minimum Gasteiger partial charge on any atom is -0.307 e. The molecule has 3 heterocycles. The lowest BCUT2D eigenvalue weighted by atomic mass is 10.3. The van der Waals surface area contributed by atoms with Gasteiger partial charge in [0.25, 0.3) is 0 Å². The number of nitrogens with one attached hydrogen (secondary N) is 1. The van der Waals surface area contributed by atoms with E-state index in [0.29, 0.717) is 0 Å². The number of hydrogen-bond donors (Lipinski definition) is 1. The molecule has 1 N–H and O–H groups in total. The Balaban J connectivity index is 1.64. The van der Waals surface area contributed by atoms with Crippen LogP contribution >= 0.6 is 11.3 Å². The second-order valence-electron chi connectivity index (χ2n) is 4.51. The van der Waals surface area contributed by atoms with E-state index in [1.807, 2.05) is 36.8 Å². The van der Waals surface area contributed by atoms with E-state index in [9.17, 15) is 0 Å². The Kier molecular flexibility index (Phi) is 3.27. The highest BCUT2D eigenvalue weighted by Crippen LogP contribution is 2.08. The van der Waals surface area contributed by atoms with Crippen LogP contribution in [0.4, 0.5) is 0 Å². The van der Waals surface area contributed by atoms with Crippen molar-refractivity contribution in [1.82, 2.24) is 24.9 Å². The van der Waals surface area contributed by atoms with Crippen molar-refractivity contribution in [2.45, 2.75) is 26.9 Å². The number of nitrogens with zero attached hydrogens (tertiary/aromatic N) is 4. The van der Waals surface area contributed by atoms with Gasteiger partial charge in [-0.25, -0.2) is 14.5 Å². The van der Waals surface area contributed by atoms with Crippen LogP contribution in [-0.2, 0) is 13.1 Å². The van der Waals surface area contributed by atoms with Gasteiger partial charge >= 0.3 is 0 Å². The Morgan fingerprint density at radius 2 is 2.21 bits per heavy atom. The quantitative estimate of drug-likeness (QED) is 0.791. The van der Waals surface area contributed by atoms with E-state index in [1.54, 1.807) is 11.3 Å². The highest BCUT2D eigenvalue weighted by Gasteiger charge is 2.02. The van der Waals surface area contributed by atoms with E-state index in [0.717, 1.165) is 40.7 Å². The zero-order chi connectivity index (χ0) is 13.2. The molecule has 0 unspecified atom stereocenters. The van der Waals surface area contributed by atoms with Gasteiger partial charge in [-0.3, -0.25) is 0 Å². The second-order valence-corrected chi connectivity index (χ2v) is 5.57. The van der Waals surface area contributed by atoms with E-state index in [-0.39, 0.29) is 0 Å². The number of aryl methyl sites for hydroxylation is 2. The normalized spacial score (nSPS) is 11.3. The molecule has 0 aliphatic heterocycles. The summed E-state index contributed by atoms with van der Waals surface area (Å²) < 4.78 is 1.82. The van der Waals surface area contributed by atoms with Gasteiger partial charge in [-0.1, -0.05) is 0 Å². The maximum atomic E-state index is 4.42. The molecular formula is C13H15N5S. The summed E-state index contributed by atoms with van der Waals surface area (Å²) >= 11 is 1.68. The van der Waals surface area contributed by atoms with Crippen LogP contribution in [0, 0.1) is 13.8 Å². The summed E-state index contributed by atoms with van der Waals surface area (Å²) in [7, 11) is 0. The average Bonchev–Trinajstić information content (AvgIpc) is 2.94. The molecule has 3 aromatic rings. The van der Waals surface area contributed by atoms with Gasteiger partial charge in [0.05, 0.1) is 16.4 Å². The van der Waals surface area contributed by atoms with E-state index < -0.39 is 0 Å². The third-order valence-corrected chi connectivity index (χ3v) is 3.61. The Labute approximate surface area is 115 Å². The summed E-state index contributed by atoms with van der Waals surface area (Å²) in [6.45, 7) is 5.53. The molecule has 3 aromatic heterocycles. The minimum atomic E-state index is 0.762. The lowest BCUT2D eigenvalue weighted by molar-refractivity contribution is 0.675. The number of rotatable bonds is 4. The van der Waals surface area contributed by atoms with Gasteiger partial charge in [0.2, 0.25) is 0 Å². The van der Waals surface area contributed by atoms with Gasteiger partial charge in [-0.05, 0) is 13.8 Å². The lowest BCUT2D eigenvalue weighted by Crippen LogP contribution is -2.13. The first-order valence-electron chi connectivity index (χ1n) is 6.13. The van der Waals surface area contributed by atoms with Crippen LogP contribution in [0.5, 0.6) is 0 Å². The molecule has 0 saturated heterocycles. The van der Waals surface area contributed by atoms with Crippen molar-refractivity contribution in [1.29, 1.82) is 0 Å². The molecule has 0 fully saturated rings. The zero-order valence-electron chi connectivity index (χ0n) is 10.9. The Bertz CT molecular complexity index is 700. The molecule has 0 spiro atoms. The van der Waals surface area contributed by atoms with Crippen LogP contribution in [0.25, 0.3) is 5.65 Å². The molecule has 0 aliphatic carbocycles. The van der Waals surface area contributed by atoms with Crippen molar-refractivity contribution in [3.63, 3.8) is 0 Å². The summed E-state index contributed by atoms with van der Waals surface area (Å²) in [5.41, 5.74) is 4.07. The smallest absolute Gasteiger partial charge is 0.155 e. The first-order chi connectivity index (χ1) is 9.20. The van der Waals surface area contributed by atoms with Crippen LogP contribution in [0.3, 0.4) is 0 Å². The average molecular weight is 273 g/mol.